The molecule has 4 rings (SSSR count). The molecule has 13 heteroatoms. The number of benzene rings is 2. The number of hydrogen-bond donors (Lipinski definition) is 1. The fourth-order valence-corrected chi connectivity index (χ4v) is 5.69. The molecule has 0 bridgehead atoms. The molecule has 2 heterocycles. The van der Waals surface area contributed by atoms with Gasteiger partial charge in [0.15, 0.2) is 5.69 Å². The number of non-ortho nitro benzene ring substituents is 1. The van der Waals surface area contributed by atoms with Gasteiger partial charge >= 0.3 is 0 Å². The highest BCUT2D eigenvalue weighted by Crippen LogP contribution is 2.36. The Bertz CT molecular complexity index is 1510. The van der Waals surface area contributed by atoms with Crippen molar-refractivity contribution in [2.45, 2.75) is 51.0 Å². The predicted octanol–water partition coefficient (Wildman–Crippen LogP) is 4.33. The van der Waals surface area contributed by atoms with Crippen LogP contribution in [0.3, 0.4) is 0 Å². The first-order chi connectivity index (χ1) is 17.8. The second kappa shape index (κ2) is 10.1. The van der Waals surface area contributed by atoms with E-state index in [1.54, 1.807) is 38.7 Å². The summed E-state index contributed by atoms with van der Waals surface area (Å²) in [7, 11) is -4.29. The third-order valence-electron chi connectivity index (χ3n) is 5.79. The van der Waals surface area contributed by atoms with E-state index in [1.165, 1.54) is 28.9 Å². The molecule has 0 saturated carbocycles. The number of rotatable bonds is 7. The summed E-state index contributed by atoms with van der Waals surface area (Å²) < 4.78 is 50.4. The first kappa shape index (κ1) is 27.2. The van der Waals surface area contributed by atoms with Crippen LogP contribution in [0.2, 0.25) is 0 Å². The van der Waals surface area contributed by atoms with Crippen LogP contribution >= 0.6 is 0 Å². The molecule has 0 atom stereocenters. The lowest BCUT2D eigenvalue weighted by Gasteiger charge is -2.21. The Morgan fingerprint density at radius 1 is 1.16 bits per heavy atom. The van der Waals surface area contributed by atoms with Gasteiger partial charge in [-0.1, -0.05) is 6.07 Å². The van der Waals surface area contributed by atoms with Crippen LogP contribution in [0.5, 0.6) is 11.6 Å². The number of amides is 1. The van der Waals surface area contributed by atoms with Gasteiger partial charge in [-0.25, -0.2) is 17.5 Å². The van der Waals surface area contributed by atoms with Crippen molar-refractivity contribution in [3.8, 4) is 17.3 Å². The highest BCUT2D eigenvalue weighted by Gasteiger charge is 2.31. The summed E-state index contributed by atoms with van der Waals surface area (Å²) in [5.41, 5.74) is -0.730. The molecule has 1 saturated heterocycles. The second-order valence-corrected chi connectivity index (χ2v) is 11.7. The van der Waals surface area contributed by atoms with Crippen molar-refractivity contribution in [3.63, 3.8) is 0 Å². The van der Waals surface area contributed by atoms with Gasteiger partial charge in [-0.15, -0.1) is 0 Å². The molecule has 0 radical (unpaired) electrons. The molecule has 1 N–H and O–H groups in total. The molecule has 0 aliphatic carbocycles. The van der Waals surface area contributed by atoms with Gasteiger partial charge in [0.2, 0.25) is 15.9 Å². The van der Waals surface area contributed by atoms with Crippen LogP contribution in [0.15, 0.2) is 47.4 Å². The number of hydrogen-bond acceptors (Lipinski definition) is 7. The summed E-state index contributed by atoms with van der Waals surface area (Å²) in [5.74, 6) is -1.14. The van der Waals surface area contributed by atoms with Crippen LogP contribution in [-0.4, -0.2) is 52.6 Å². The van der Waals surface area contributed by atoms with E-state index in [0.29, 0.717) is 18.7 Å². The molecule has 38 heavy (non-hydrogen) atoms. The maximum atomic E-state index is 14.1. The summed E-state index contributed by atoms with van der Waals surface area (Å²) in [5, 5.41) is 15.8. The van der Waals surface area contributed by atoms with Crippen molar-refractivity contribution in [1.82, 2.24) is 19.4 Å². The number of sulfonamides is 1. The topological polar surface area (TPSA) is 137 Å². The molecule has 202 valence electrons. The normalized spacial score (nSPS) is 14.1. The zero-order chi connectivity index (χ0) is 27.8. The van der Waals surface area contributed by atoms with Gasteiger partial charge in [-0.3, -0.25) is 14.9 Å². The van der Waals surface area contributed by atoms with Crippen molar-refractivity contribution >= 4 is 21.6 Å². The highest BCUT2D eigenvalue weighted by atomic mass is 32.2. The van der Waals surface area contributed by atoms with Crippen molar-refractivity contribution in [2.75, 3.05) is 13.1 Å². The van der Waals surface area contributed by atoms with E-state index in [-0.39, 0.29) is 28.9 Å². The Balaban J connectivity index is 1.88. The monoisotopic (exact) mass is 545 g/mol. The zero-order valence-corrected chi connectivity index (χ0v) is 22.2. The molecule has 1 aromatic heterocycles. The number of carbonyl (C=O) groups excluding carboxylic acids is 1. The number of halogens is 1. The number of carbonyl (C=O) groups is 1. The van der Waals surface area contributed by atoms with Crippen LogP contribution in [0.4, 0.5) is 10.1 Å². The summed E-state index contributed by atoms with van der Waals surface area (Å²) in [6.45, 7) is 7.62. The second-order valence-electron chi connectivity index (χ2n) is 10.0. The van der Waals surface area contributed by atoms with E-state index in [0.717, 1.165) is 25.0 Å². The standard InChI is InChI=1S/C25H28FN5O6S/c1-16-22(23(32)29-12-5-6-13-29)27-30(18-9-7-8-17(26)14-18)24(16)37-20-11-10-19(31(33)34)15-21(20)38(35,36)28-25(2,3)4/h7-11,14-15,28H,5-6,12-13H2,1-4H3. The average Bonchev–Trinajstić information content (AvgIpc) is 3.46. The Morgan fingerprint density at radius 3 is 2.45 bits per heavy atom. The van der Waals surface area contributed by atoms with Gasteiger partial charge in [-0.05, 0) is 64.8 Å². The van der Waals surface area contributed by atoms with Crippen LogP contribution in [-0.2, 0) is 10.0 Å². The number of ether oxygens (including phenoxy) is 1. The zero-order valence-electron chi connectivity index (χ0n) is 21.4. The fraction of sp³-hybridized carbons (Fsp3) is 0.360. The molecular formula is C25H28FN5O6S. The first-order valence-electron chi connectivity index (χ1n) is 11.9. The Kier molecular flexibility index (Phi) is 7.26. The van der Waals surface area contributed by atoms with Crippen molar-refractivity contribution in [1.29, 1.82) is 0 Å². The minimum Gasteiger partial charge on any atom is -0.437 e. The highest BCUT2D eigenvalue weighted by molar-refractivity contribution is 7.89. The maximum absolute atomic E-state index is 14.1. The average molecular weight is 546 g/mol. The quantitative estimate of drug-likeness (QED) is 0.345. The van der Waals surface area contributed by atoms with Crippen molar-refractivity contribution < 1.29 is 27.3 Å². The SMILES string of the molecule is Cc1c(C(=O)N2CCCC2)nn(-c2cccc(F)c2)c1Oc1ccc([N+](=O)[O-])cc1S(=O)(=O)NC(C)(C)C. The third-order valence-corrected chi connectivity index (χ3v) is 7.57. The fourth-order valence-electron chi connectivity index (χ4n) is 4.12. The number of nitro groups is 1. The van der Waals surface area contributed by atoms with Gasteiger partial charge in [0.05, 0.1) is 10.6 Å². The number of nitro benzene ring substituents is 1. The van der Waals surface area contributed by atoms with E-state index in [2.05, 4.69) is 9.82 Å². The molecule has 2 aromatic carbocycles. The molecule has 1 fully saturated rings. The molecule has 0 spiro atoms. The number of aromatic nitrogens is 2. The van der Waals surface area contributed by atoms with Gasteiger partial charge in [0, 0.05) is 36.3 Å². The minimum absolute atomic E-state index is 0.0285. The molecule has 11 nitrogen and oxygen atoms in total. The first-order valence-corrected chi connectivity index (χ1v) is 13.4. The van der Waals surface area contributed by atoms with E-state index in [1.807, 2.05) is 0 Å². The van der Waals surface area contributed by atoms with Gasteiger partial charge < -0.3 is 9.64 Å². The van der Waals surface area contributed by atoms with Gasteiger partial charge in [0.1, 0.15) is 16.5 Å². The lowest BCUT2D eigenvalue weighted by molar-refractivity contribution is -0.385. The summed E-state index contributed by atoms with van der Waals surface area (Å²) in [6.07, 6.45) is 1.73. The predicted molar refractivity (Wildman–Crippen MR) is 137 cm³/mol. The van der Waals surface area contributed by atoms with Crippen LogP contribution in [0.25, 0.3) is 5.69 Å². The lowest BCUT2D eigenvalue weighted by Crippen LogP contribution is -2.40. The maximum Gasteiger partial charge on any atom is 0.274 e. The van der Waals surface area contributed by atoms with Crippen LogP contribution < -0.4 is 9.46 Å². The summed E-state index contributed by atoms with van der Waals surface area (Å²) >= 11 is 0. The largest absolute Gasteiger partial charge is 0.437 e. The summed E-state index contributed by atoms with van der Waals surface area (Å²) in [4.78, 5) is 25.1. The Morgan fingerprint density at radius 2 is 1.84 bits per heavy atom. The number of nitrogens with one attached hydrogen (secondary N) is 1. The van der Waals surface area contributed by atoms with E-state index in [4.69, 9.17) is 4.74 Å². The van der Waals surface area contributed by atoms with Gasteiger partial charge in [0.25, 0.3) is 11.6 Å². The van der Waals surface area contributed by atoms with Crippen LogP contribution in [0.1, 0.15) is 49.7 Å². The number of likely N-dealkylation sites (tertiary alicyclic amines) is 1. The van der Waals surface area contributed by atoms with Crippen molar-refractivity contribution in [3.05, 3.63) is 69.7 Å². The van der Waals surface area contributed by atoms with E-state index in [9.17, 15) is 27.7 Å². The Labute approximate surface area is 219 Å². The molecule has 1 aliphatic rings. The number of nitrogens with zero attached hydrogens (tertiary/aromatic N) is 4. The third kappa shape index (κ3) is 5.68. The molecule has 3 aromatic rings. The van der Waals surface area contributed by atoms with Crippen LogP contribution in [0, 0.1) is 22.9 Å². The Hall–Kier alpha value is -3.84. The molecule has 1 aliphatic heterocycles. The van der Waals surface area contributed by atoms with E-state index >= 15 is 0 Å². The van der Waals surface area contributed by atoms with E-state index < -0.39 is 36.9 Å². The lowest BCUT2D eigenvalue weighted by atomic mass is 10.1. The molecule has 0 unspecified atom stereocenters. The van der Waals surface area contributed by atoms with Crippen molar-refractivity contribution in [2.24, 2.45) is 0 Å². The van der Waals surface area contributed by atoms with Gasteiger partial charge in [-0.2, -0.15) is 9.78 Å². The smallest absolute Gasteiger partial charge is 0.274 e. The molecule has 1 amide bonds. The summed E-state index contributed by atoms with van der Waals surface area (Å²) in [6, 6.07) is 8.63. The molecular weight excluding hydrogens is 517 g/mol. The minimum atomic E-state index is -4.29.